The Bertz CT molecular complexity index is 1830. The molecule has 3 nitrogen and oxygen atoms in total. The van der Waals surface area contributed by atoms with Crippen LogP contribution in [0.3, 0.4) is 0 Å². The molecule has 7 rings (SSSR count). The van der Waals surface area contributed by atoms with E-state index in [9.17, 15) is 0 Å². The highest BCUT2D eigenvalue weighted by Crippen LogP contribution is 2.35. The lowest BCUT2D eigenvalue weighted by Gasteiger charge is -2.10. The van der Waals surface area contributed by atoms with Crippen molar-refractivity contribution >= 4 is 10.9 Å². The zero-order chi connectivity index (χ0) is 26.0. The summed E-state index contributed by atoms with van der Waals surface area (Å²) in [5.41, 5.74) is 9.61. The van der Waals surface area contributed by atoms with Crippen LogP contribution in [0.4, 0.5) is 0 Å². The van der Waals surface area contributed by atoms with Gasteiger partial charge in [0.1, 0.15) is 0 Å². The summed E-state index contributed by atoms with van der Waals surface area (Å²) in [7, 11) is 0. The van der Waals surface area contributed by atoms with Gasteiger partial charge in [-0.05, 0) is 35.9 Å². The molecule has 0 saturated carbocycles. The van der Waals surface area contributed by atoms with Crippen LogP contribution in [-0.4, -0.2) is 14.5 Å². The van der Waals surface area contributed by atoms with Crippen LogP contribution in [0.25, 0.3) is 61.6 Å². The molecule has 0 spiro atoms. The molecule has 0 bridgehead atoms. The summed E-state index contributed by atoms with van der Waals surface area (Å²) in [5.74, 6) is 0.720. The molecule has 7 aromatic rings. The van der Waals surface area contributed by atoms with Crippen molar-refractivity contribution in [3.8, 4) is 50.7 Å². The van der Waals surface area contributed by atoms with Gasteiger partial charge in [0.2, 0.25) is 0 Å². The standard InChI is InChI=1S/C36H25N3/c1-4-13-26(14-5-1)33-24-34(38-36(37-33)27-15-6-2-7-16-27)29-18-12-17-28(23-29)32-25-39(30-19-8-3-9-20-30)35-22-11-10-21-31(32)35/h1-25H. The Morgan fingerprint density at radius 3 is 1.74 bits per heavy atom. The predicted octanol–water partition coefficient (Wildman–Crippen LogP) is 9.09. The van der Waals surface area contributed by atoms with Crippen LogP contribution in [0.2, 0.25) is 0 Å². The molecule has 184 valence electrons. The lowest BCUT2D eigenvalue weighted by molar-refractivity contribution is 1.13. The maximum Gasteiger partial charge on any atom is 0.160 e. The van der Waals surface area contributed by atoms with E-state index in [4.69, 9.17) is 9.97 Å². The van der Waals surface area contributed by atoms with Gasteiger partial charge in [0.15, 0.2) is 5.82 Å². The summed E-state index contributed by atoms with van der Waals surface area (Å²) in [6.45, 7) is 0. The van der Waals surface area contributed by atoms with E-state index in [-0.39, 0.29) is 0 Å². The van der Waals surface area contributed by atoms with Crippen LogP contribution in [0, 0.1) is 0 Å². The summed E-state index contributed by atoms with van der Waals surface area (Å²) in [6, 6.07) is 50.3. The largest absolute Gasteiger partial charge is 0.316 e. The van der Waals surface area contributed by atoms with Crippen molar-refractivity contribution in [2.24, 2.45) is 0 Å². The smallest absolute Gasteiger partial charge is 0.160 e. The molecule has 5 aromatic carbocycles. The molecule has 0 aliphatic carbocycles. The third kappa shape index (κ3) is 4.41. The Morgan fingerprint density at radius 1 is 0.436 bits per heavy atom. The van der Waals surface area contributed by atoms with E-state index in [1.165, 1.54) is 16.5 Å². The quantitative estimate of drug-likeness (QED) is 0.236. The molecular formula is C36H25N3. The summed E-state index contributed by atoms with van der Waals surface area (Å²) in [5, 5.41) is 1.22. The minimum Gasteiger partial charge on any atom is -0.316 e. The Morgan fingerprint density at radius 2 is 1.00 bits per heavy atom. The molecule has 0 aliphatic rings. The van der Waals surface area contributed by atoms with Crippen LogP contribution in [0.5, 0.6) is 0 Å². The van der Waals surface area contributed by atoms with Crippen LogP contribution in [0.1, 0.15) is 0 Å². The Kier molecular flexibility index (Phi) is 5.80. The van der Waals surface area contributed by atoms with E-state index in [1.54, 1.807) is 0 Å². The number of aromatic nitrogens is 3. The minimum absolute atomic E-state index is 0.720. The second kappa shape index (κ2) is 9.88. The molecule has 2 heterocycles. The molecule has 2 aromatic heterocycles. The number of hydrogen-bond acceptors (Lipinski definition) is 2. The molecule has 39 heavy (non-hydrogen) atoms. The van der Waals surface area contributed by atoms with Crippen LogP contribution >= 0.6 is 0 Å². The normalized spacial score (nSPS) is 11.1. The lowest BCUT2D eigenvalue weighted by atomic mass is 10.00. The number of rotatable bonds is 5. The van der Waals surface area contributed by atoms with Gasteiger partial charge >= 0.3 is 0 Å². The van der Waals surface area contributed by atoms with Gasteiger partial charge in [-0.3, -0.25) is 0 Å². The number of nitrogens with zero attached hydrogens (tertiary/aromatic N) is 3. The van der Waals surface area contributed by atoms with Gasteiger partial charge in [-0.25, -0.2) is 9.97 Å². The molecule has 0 atom stereocenters. The molecular weight excluding hydrogens is 474 g/mol. The van der Waals surface area contributed by atoms with Gasteiger partial charge in [0.25, 0.3) is 0 Å². The predicted molar refractivity (Wildman–Crippen MR) is 161 cm³/mol. The second-order valence-electron chi connectivity index (χ2n) is 9.54. The fraction of sp³-hybridized carbons (Fsp3) is 0. The van der Waals surface area contributed by atoms with Gasteiger partial charge in [-0.2, -0.15) is 0 Å². The molecule has 0 fully saturated rings. The summed E-state index contributed by atoms with van der Waals surface area (Å²) in [4.78, 5) is 9.98. The average Bonchev–Trinajstić information content (AvgIpc) is 3.42. The monoisotopic (exact) mass is 499 g/mol. The number of benzene rings is 5. The first kappa shape index (κ1) is 22.9. The molecule has 3 heteroatoms. The molecule has 0 aliphatic heterocycles. The molecule has 0 unspecified atom stereocenters. The maximum absolute atomic E-state index is 5.03. The molecule has 0 N–H and O–H groups in total. The Hall–Kier alpha value is -5.28. The molecule has 0 radical (unpaired) electrons. The highest BCUT2D eigenvalue weighted by molar-refractivity contribution is 5.97. The Balaban J connectivity index is 1.39. The molecule has 0 saturated heterocycles. The van der Waals surface area contributed by atoms with Crippen molar-refractivity contribution in [2.45, 2.75) is 0 Å². The fourth-order valence-electron chi connectivity index (χ4n) is 5.13. The summed E-state index contributed by atoms with van der Waals surface area (Å²) < 4.78 is 2.27. The highest BCUT2D eigenvalue weighted by Gasteiger charge is 2.14. The average molecular weight is 500 g/mol. The number of para-hydroxylation sites is 2. The SMILES string of the molecule is c1ccc(-c2cc(-c3cccc(-c4cn(-c5ccccc5)c5ccccc45)c3)nc(-c3ccccc3)n2)cc1. The zero-order valence-corrected chi connectivity index (χ0v) is 21.3. The van der Waals surface area contributed by atoms with Gasteiger partial charge < -0.3 is 4.57 Å². The van der Waals surface area contributed by atoms with E-state index >= 15 is 0 Å². The van der Waals surface area contributed by atoms with Gasteiger partial charge in [0.05, 0.1) is 16.9 Å². The van der Waals surface area contributed by atoms with Crippen molar-refractivity contribution in [3.05, 3.63) is 152 Å². The van der Waals surface area contributed by atoms with Crippen molar-refractivity contribution in [1.29, 1.82) is 0 Å². The third-order valence-electron chi connectivity index (χ3n) is 7.04. The molecule has 0 amide bonds. The van der Waals surface area contributed by atoms with Crippen LogP contribution < -0.4 is 0 Å². The van der Waals surface area contributed by atoms with E-state index in [0.29, 0.717) is 0 Å². The Labute approximate surface area is 227 Å². The van der Waals surface area contributed by atoms with Crippen molar-refractivity contribution in [3.63, 3.8) is 0 Å². The lowest BCUT2D eigenvalue weighted by Crippen LogP contribution is -1.96. The highest BCUT2D eigenvalue weighted by atomic mass is 15.0. The van der Waals surface area contributed by atoms with Gasteiger partial charge in [-0.1, -0.05) is 115 Å². The minimum atomic E-state index is 0.720. The second-order valence-corrected chi connectivity index (χ2v) is 9.54. The van der Waals surface area contributed by atoms with Gasteiger partial charge in [0, 0.05) is 39.5 Å². The first-order chi connectivity index (χ1) is 19.3. The van der Waals surface area contributed by atoms with E-state index < -0.39 is 0 Å². The number of fused-ring (bicyclic) bond motifs is 1. The van der Waals surface area contributed by atoms with Crippen LogP contribution in [0.15, 0.2) is 152 Å². The van der Waals surface area contributed by atoms with E-state index in [0.717, 1.165) is 45.2 Å². The zero-order valence-electron chi connectivity index (χ0n) is 21.3. The summed E-state index contributed by atoms with van der Waals surface area (Å²) in [6.07, 6.45) is 2.24. The topological polar surface area (TPSA) is 30.7 Å². The number of hydrogen-bond donors (Lipinski definition) is 0. The van der Waals surface area contributed by atoms with Crippen molar-refractivity contribution in [2.75, 3.05) is 0 Å². The maximum atomic E-state index is 5.03. The fourth-order valence-corrected chi connectivity index (χ4v) is 5.13. The van der Waals surface area contributed by atoms with Gasteiger partial charge in [-0.15, -0.1) is 0 Å². The van der Waals surface area contributed by atoms with E-state index in [1.807, 2.05) is 36.4 Å². The summed E-state index contributed by atoms with van der Waals surface area (Å²) >= 11 is 0. The first-order valence-electron chi connectivity index (χ1n) is 13.1. The van der Waals surface area contributed by atoms with Crippen molar-refractivity contribution in [1.82, 2.24) is 14.5 Å². The van der Waals surface area contributed by atoms with Crippen molar-refractivity contribution < 1.29 is 0 Å². The first-order valence-corrected chi connectivity index (χ1v) is 13.1. The van der Waals surface area contributed by atoms with Crippen LogP contribution in [-0.2, 0) is 0 Å². The third-order valence-corrected chi connectivity index (χ3v) is 7.04. The van der Waals surface area contributed by atoms with E-state index in [2.05, 4.69) is 120 Å².